The molecule has 0 amide bonds. The molecule has 0 saturated carbocycles. The molecule has 0 aromatic heterocycles. The number of halogens is 1. The molecule has 1 aliphatic rings. The predicted molar refractivity (Wildman–Crippen MR) is 45.6 cm³/mol. The highest BCUT2D eigenvalue weighted by atomic mass is 127. The van der Waals surface area contributed by atoms with Crippen molar-refractivity contribution < 1.29 is 0 Å². The second-order valence-electron chi connectivity index (χ2n) is 1.36. The monoisotopic (exact) mass is 231 g/mol. The SMILES string of the molecule is C1CSCCN1.I. The highest BCUT2D eigenvalue weighted by Crippen LogP contribution is 1.99. The topological polar surface area (TPSA) is 12.0 Å². The second-order valence-corrected chi connectivity index (χ2v) is 2.59. The first-order valence-electron chi connectivity index (χ1n) is 2.28. The molecule has 0 unspecified atom stereocenters. The smallest absolute Gasteiger partial charge is 0.00585 e. The van der Waals surface area contributed by atoms with Crippen LogP contribution in [-0.4, -0.2) is 24.6 Å². The maximum Gasteiger partial charge on any atom is 0.00585 e. The van der Waals surface area contributed by atoms with Crippen molar-refractivity contribution in [2.75, 3.05) is 24.6 Å². The molecular weight excluding hydrogens is 221 g/mol. The van der Waals surface area contributed by atoms with Crippen LogP contribution >= 0.6 is 35.7 Å². The molecule has 1 heterocycles. The molecule has 0 atom stereocenters. The van der Waals surface area contributed by atoms with Gasteiger partial charge < -0.3 is 5.32 Å². The molecule has 0 aromatic rings. The zero-order valence-corrected chi connectivity index (χ0v) is 7.29. The Kier molecular flexibility index (Phi) is 5.95. The molecule has 1 nitrogen and oxygen atoms in total. The Bertz CT molecular complexity index is 27.2. The number of hydrogen-bond donors (Lipinski definition) is 1. The normalized spacial score (nSPS) is 20.6. The summed E-state index contributed by atoms with van der Waals surface area (Å²) < 4.78 is 0. The minimum Gasteiger partial charge on any atom is -0.315 e. The number of thioether (sulfide) groups is 1. The van der Waals surface area contributed by atoms with Gasteiger partial charge in [-0.1, -0.05) is 0 Å². The first-order valence-corrected chi connectivity index (χ1v) is 3.44. The molecule has 0 aliphatic carbocycles. The Morgan fingerprint density at radius 3 is 1.86 bits per heavy atom. The zero-order valence-electron chi connectivity index (χ0n) is 4.14. The van der Waals surface area contributed by atoms with Crippen molar-refractivity contribution in [3.05, 3.63) is 0 Å². The van der Waals surface area contributed by atoms with Crippen LogP contribution in [0, 0.1) is 0 Å². The summed E-state index contributed by atoms with van der Waals surface area (Å²) in [5, 5.41) is 3.26. The third kappa shape index (κ3) is 3.61. The summed E-state index contributed by atoms with van der Waals surface area (Å²) in [6, 6.07) is 0. The van der Waals surface area contributed by atoms with E-state index >= 15 is 0 Å². The molecule has 1 N–H and O–H groups in total. The summed E-state index contributed by atoms with van der Waals surface area (Å²) >= 11 is 2.03. The van der Waals surface area contributed by atoms with Gasteiger partial charge in [-0.2, -0.15) is 11.8 Å². The summed E-state index contributed by atoms with van der Waals surface area (Å²) in [6.07, 6.45) is 0. The van der Waals surface area contributed by atoms with Gasteiger partial charge in [-0.3, -0.25) is 0 Å². The molecule has 1 saturated heterocycles. The summed E-state index contributed by atoms with van der Waals surface area (Å²) in [6.45, 7) is 2.43. The maximum absolute atomic E-state index is 3.26. The molecule has 1 fully saturated rings. The molecule has 0 spiro atoms. The van der Waals surface area contributed by atoms with E-state index < -0.39 is 0 Å². The van der Waals surface area contributed by atoms with Gasteiger partial charge in [0.25, 0.3) is 0 Å². The highest BCUT2D eigenvalue weighted by Gasteiger charge is 1.93. The lowest BCUT2D eigenvalue weighted by atomic mass is 10.6. The van der Waals surface area contributed by atoms with E-state index in [1.165, 1.54) is 24.6 Å². The molecule has 3 heteroatoms. The molecule has 0 aromatic carbocycles. The van der Waals surface area contributed by atoms with Gasteiger partial charge in [0.05, 0.1) is 0 Å². The average molecular weight is 231 g/mol. The van der Waals surface area contributed by atoms with Crippen LogP contribution in [-0.2, 0) is 0 Å². The summed E-state index contributed by atoms with van der Waals surface area (Å²) in [4.78, 5) is 0. The van der Waals surface area contributed by atoms with E-state index in [9.17, 15) is 0 Å². The van der Waals surface area contributed by atoms with Crippen molar-refractivity contribution in [1.82, 2.24) is 5.32 Å². The quantitative estimate of drug-likeness (QED) is 0.623. The lowest BCUT2D eigenvalue weighted by molar-refractivity contribution is 0.756. The predicted octanol–water partition coefficient (Wildman–Crippen LogP) is 0.941. The van der Waals surface area contributed by atoms with Crippen LogP contribution in [0.3, 0.4) is 0 Å². The van der Waals surface area contributed by atoms with E-state index in [-0.39, 0.29) is 24.0 Å². The lowest BCUT2D eigenvalue weighted by Crippen LogP contribution is -2.24. The van der Waals surface area contributed by atoms with Crippen LogP contribution in [0.5, 0.6) is 0 Å². The molecule has 1 aliphatic heterocycles. The molecule has 0 bridgehead atoms. The van der Waals surface area contributed by atoms with Crippen molar-refractivity contribution in [3.63, 3.8) is 0 Å². The summed E-state index contributed by atoms with van der Waals surface area (Å²) in [5.74, 6) is 2.61. The molecule has 44 valence electrons. The molecule has 7 heavy (non-hydrogen) atoms. The van der Waals surface area contributed by atoms with Gasteiger partial charge >= 0.3 is 0 Å². The van der Waals surface area contributed by atoms with Crippen LogP contribution in [0.1, 0.15) is 0 Å². The largest absolute Gasteiger partial charge is 0.315 e. The fourth-order valence-electron chi connectivity index (χ4n) is 0.516. The van der Waals surface area contributed by atoms with Crippen LogP contribution in [0.25, 0.3) is 0 Å². The standard InChI is InChI=1S/C4H9NS.HI/c1-3-6-4-2-5-1;/h5H,1-4H2;1H. The molecule has 1 rings (SSSR count). The first kappa shape index (κ1) is 8.04. The first-order chi connectivity index (χ1) is 3.00. The van der Waals surface area contributed by atoms with Crippen LogP contribution < -0.4 is 5.32 Å². The zero-order chi connectivity index (χ0) is 4.24. The van der Waals surface area contributed by atoms with Crippen molar-refractivity contribution in [2.24, 2.45) is 0 Å². The van der Waals surface area contributed by atoms with Gasteiger partial charge in [0.2, 0.25) is 0 Å². The Balaban J connectivity index is 0.000000360. The fraction of sp³-hybridized carbons (Fsp3) is 1.00. The fourth-order valence-corrected chi connectivity index (χ4v) is 1.30. The maximum atomic E-state index is 3.26. The van der Waals surface area contributed by atoms with E-state index in [0.717, 1.165) is 0 Å². The minimum absolute atomic E-state index is 0. The van der Waals surface area contributed by atoms with Crippen LogP contribution in [0.15, 0.2) is 0 Å². The van der Waals surface area contributed by atoms with E-state index in [2.05, 4.69) is 5.32 Å². The van der Waals surface area contributed by atoms with Crippen molar-refractivity contribution >= 4 is 35.7 Å². The van der Waals surface area contributed by atoms with Crippen molar-refractivity contribution in [2.45, 2.75) is 0 Å². The molecule has 0 radical (unpaired) electrons. The van der Waals surface area contributed by atoms with E-state index in [1.54, 1.807) is 0 Å². The molecular formula is C4H10INS. The minimum atomic E-state index is 0. The van der Waals surface area contributed by atoms with Crippen LogP contribution in [0.2, 0.25) is 0 Å². The van der Waals surface area contributed by atoms with Crippen molar-refractivity contribution in [3.8, 4) is 0 Å². The average Bonchev–Trinajstić information content (AvgIpc) is 1.72. The second kappa shape index (κ2) is 5.18. The van der Waals surface area contributed by atoms with E-state index in [0.29, 0.717) is 0 Å². The summed E-state index contributed by atoms with van der Waals surface area (Å²) in [5.41, 5.74) is 0. The Morgan fingerprint density at radius 1 is 1.14 bits per heavy atom. The van der Waals surface area contributed by atoms with Gasteiger partial charge in [-0.25, -0.2) is 0 Å². The van der Waals surface area contributed by atoms with E-state index in [4.69, 9.17) is 0 Å². The Hall–Kier alpha value is 1.04. The third-order valence-corrected chi connectivity index (χ3v) is 1.83. The van der Waals surface area contributed by atoms with Gasteiger partial charge in [-0.05, 0) is 0 Å². The lowest BCUT2D eigenvalue weighted by Gasteiger charge is -2.08. The number of rotatable bonds is 0. The van der Waals surface area contributed by atoms with Crippen molar-refractivity contribution in [1.29, 1.82) is 0 Å². The van der Waals surface area contributed by atoms with Gasteiger partial charge in [0.1, 0.15) is 0 Å². The third-order valence-electron chi connectivity index (χ3n) is 0.846. The Morgan fingerprint density at radius 2 is 1.71 bits per heavy atom. The highest BCUT2D eigenvalue weighted by molar-refractivity contribution is 14.0. The number of nitrogens with one attached hydrogen (secondary N) is 1. The van der Waals surface area contributed by atoms with Gasteiger partial charge in [-0.15, -0.1) is 24.0 Å². The van der Waals surface area contributed by atoms with Crippen LogP contribution in [0.4, 0.5) is 0 Å². The van der Waals surface area contributed by atoms with E-state index in [1.807, 2.05) is 11.8 Å². The number of hydrogen-bond acceptors (Lipinski definition) is 2. The van der Waals surface area contributed by atoms with Gasteiger partial charge in [0.15, 0.2) is 0 Å². The summed E-state index contributed by atoms with van der Waals surface area (Å²) in [7, 11) is 0. The Labute approximate surface area is 65.6 Å². The van der Waals surface area contributed by atoms with Gasteiger partial charge in [0, 0.05) is 24.6 Å².